The summed E-state index contributed by atoms with van der Waals surface area (Å²) in [6.45, 7) is 2.09. The molecule has 0 saturated heterocycles. The molecule has 0 aromatic carbocycles. The number of oxazole rings is 1. The highest BCUT2D eigenvalue weighted by Crippen LogP contribution is 2.19. The summed E-state index contributed by atoms with van der Waals surface area (Å²) in [5.41, 5.74) is 6.86. The van der Waals surface area contributed by atoms with E-state index in [4.69, 9.17) is 15.6 Å². The molecule has 114 valence electrons. The summed E-state index contributed by atoms with van der Waals surface area (Å²) in [6.07, 6.45) is 14.2. The third-order valence-corrected chi connectivity index (χ3v) is 2.85. The zero-order valence-corrected chi connectivity index (χ0v) is 12.4. The van der Waals surface area contributed by atoms with Gasteiger partial charge in [0, 0.05) is 18.2 Å². The summed E-state index contributed by atoms with van der Waals surface area (Å²) in [6, 6.07) is 2.10. The van der Waals surface area contributed by atoms with Gasteiger partial charge in [-0.3, -0.25) is 0 Å². The molecule has 2 heterocycles. The third kappa shape index (κ3) is 4.31. The molecule has 0 amide bonds. The van der Waals surface area contributed by atoms with Crippen LogP contribution >= 0.6 is 0 Å². The summed E-state index contributed by atoms with van der Waals surface area (Å²) in [4.78, 5) is 8.17. The van der Waals surface area contributed by atoms with Crippen molar-refractivity contribution < 1.29 is 4.42 Å². The van der Waals surface area contributed by atoms with Gasteiger partial charge in [-0.1, -0.05) is 31.2 Å². The van der Waals surface area contributed by atoms with E-state index < -0.39 is 0 Å². The highest BCUT2D eigenvalue weighted by atomic mass is 16.4. The Balaban J connectivity index is 1.98. The fraction of sp³-hybridized carbons (Fsp3) is 0.188. The lowest BCUT2D eigenvalue weighted by atomic mass is 10.2. The van der Waals surface area contributed by atoms with Crippen LogP contribution in [0, 0.1) is 5.41 Å². The predicted molar refractivity (Wildman–Crippen MR) is 88.6 cm³/mol. The summed E-state index contributed by atoms with van der Waals surface area (Å²) < 4.78 is 5.58. The molecule has 6 heteroatoms. The van der Waals surface area contributed by atoms with Crippen LogP contribution in [0.1, 0.15) is 24.7 Å². The van der Waals surface area contributed by atoms with E-state index in [-0.39, 0.29) is 0 Å². The molecule has 0 spiro atoms. The van der Waals surface area contributed by atoms with E-state index in [1.165, 1.54) is 0 Å². The molecule has 0 bridgehead atoms. The van der Waals surface area contributed by atoms with Crippen LogP contribution in [0.15, 0.2) is 47.2 Å². The van der Waals surface area contributed by atoms with Crippen molar-refractivity contribution in [1.82, 2.24) is 9.97 Å². The van der Waals surface area contributed by atoms with Crippen molar-refractivity contribution in [2.75, 3.05) is 11.1 Å². The van der Waals surface area contributed by atoms with Gasteiger partial charge < -0.3 is 20.9 Å². The normalized spacial score (nSPS) is 11.3. The molecule has 2 aromatic heterocycles. The van der Waals surface area contributed by atoms with E-state index >= 15 is 0 Å². The predicted octanol–water partition coefficient (Wildman–Crippen LogP) is 3.46. The molecule has 0 unspecified atom stereocenters. The topological polar surface area (TPSA) is 101 Å². The SMILES string of the molecule is CC/C=C\C=C/Cc1cnc(Nc2cnc(N)c(C=N)c2)o1. The van der Waals surface area contributed by atoms with Crippen molar-refractivity contribution in [2.45, 2.75) is 19.8 Å². The summed E-state index contributed by atoms with van der Waals surface area (Å²) in [5.74, 6) is 1.08. The zero-order chi connectivity index (χ0) is 15.8. The van der Waals surface area contributed by atoms with Gasteiger partial charge in [-0.2, -0.15) is 0 Å². The van der Waals surface area contributed by atoms with Crippen molar-refractivity contribution in [3.05, 3.63) is 54.1 Å². The lowest BCUT2D eigenvalue weighted by molar-refractivity contribution is 0.534. The Kier molecular flexibility index (Phi) is 5.48. The van der Waals surface area contributed by atoms with Crippen LogP contribution in [0.2, 0.25) is 0 Å². The Labute approximate surface area is 129 Å². The maximum atomic E-state index is 7.26. The average Bonchev–Trinajstić information content (AvgIpc) is 2.96. The van der Waals surface area contributed by atoms with Gasteiger partial charge in [-0.15, -0.1) is 0 Å². The standard InChI is InChI=1S/C16H19N5O/c1-2-3-4-5-6-7-14-11-20-16(22-14)21-13-8-12(9-17)15(18)19-10-13/h3-6,8-11,17H,2,7H2,1H3,(H2,18,19)(H,20,21)/b4-3-,6-5-,17-9?. The second kappa shape index (κ2) is 7.78. The van der Waals surface area contributed by atoms with Gasteiger partial charge in [0.15, 0.2) is 0 Å². The number of pyridine rings is 1. The van der Waals surface area contributed by atoms with Crippen LogP contribution in [-0.4, -0.2) is 16.2 Å². The Morgan fingerprint density at radius 2 is 2.09 bits per heavy atom. The minimum atomic E-state index is 0.318. The van der Waals surface area contributed by atoms with Crippen LogP contribution in [0.3, 0.4) is 0 Å². The quantitative estimate of drug-likeness (QED) is 0.536. The van der Waals surface area contributed by atoms with Gasteiger partial charge >= 0.3 is 0 Å². The van der Waals surface area contributed by atoms with Crippen LogP contribution in [0.5, 0.6) is 0 Å². The van der Waals surface area contributed by atoms with Crippen molar-refractivity contribution in [2.24, 2.45) is 0 Å². The number of rotatable bonds is 7. The maximum Gasteiger partial charge on any atom is 0.299 e. The molecule has 0 radical (unpaired) electrons. The number of hydrogen-bond acceptors (Lipinski definition) is 6. The number of nitrogen functional groups attached to an aromatic ring is 1. The smallest absolute Gasteiger partial charge is 0.299 e. The summed E-state index contributed by atoms with van der Waals surface area (Å²) in [7, 11) is 0. The minimum Gasteiger partial charge on any atom is -0.428 e. The van der Waals surface area contributed by atoms with E-state index in [9.17, 15) is 0 Å². The second-order valence-electron chi connectivity index (χ2n) is 4.57. The van der Waals surface area contributed by atoms with E-state index in [1.54, 1.807) is 18.5 Å². The first-order chi connectivity index (χ1) is 10.7. The van der Waals surface area contributed by atoms with E-state index in [2.05, 4.69) is 28.3 Å². The first kappa shape index (κ1) is 15.5. The second-order valence-corrected chi connectivity index (χ2v) is 4.57. The molecular formula is C16H19N5O. The molecule has 4 N–H and O–H groups in total. The minimum absolute atomic E-state index is 0.318. The molecule has 0 aliphatic carbocycles. The van der Waals surface area contributed by atoms with Crippen LogP contribution in [0.25, 0.3) is 0 Å². The first-order valence-electron chi connectivity index (χ1n) is 7.02. The van der Waals surface area contributed by atoms with Crippen molar-refractivity contribution in [3.8, 4) is 0 Å². The number of nitrogens with one attached hydrogen (secondary N) is 2. The van der Waals surface area contributed by atoms with Gasteiger partial charge in [0.25, 0.3) is 6.01 Å². The highest BCUT2D eigenvalue weighted by Gasteiger charge is 2.05. The monoisotopic (exact) mass is 297 g/mol. The molecular weight excluding hydrogens is 278 g/mol. The van der Waals surface area contributed by atoms with E-state index in [0.29, 0.717) is 29.5 Å². The van der Waals surface area contributed by atoms with Crippen molar-refractivity contribution in [3.63, 3.8) is 0 Å². The third-order valence-electron chi connectivity index (χ3n) is 2.85. The molecule has 0 saturated carbocycles. The average molecular weight is 297 g/mol. The van der Waals surface area contributed by atoms with Gasteiger partial charge in [0.2, 0.25) is 0 Å². The molecule has 2 rings (SSSR count). The Morgan fingerprint density at radius 1 is 1.27 bits per heavy atom. The Hall–Kier alpha value is -2.89. The molecule has 0 aliphatic heterocycles. The van der Waals surface area contributed by atoms with Gasteiger partial charge in [-0.05, 0) is 12.5 Å². The fourth-order valence-corrected chi connectivity index (χ4v) is 1.74. The highest BCUT2D eigenvalue weighted by molar-refractivity contribution is 5.85. The number of hydrogen-bond donors (Lipinski definition) is 3. The number of aromatic nitrogens is 2. The van der Waals surface area contributed by atoms with E-state index in [0.717, 1.165) is 18.4 Å². The zero-order valence-electron chi connectivity index (χ0n) is 12.4. The molecule has 2 aromatic rings. The van der Waals surface area contributed by atoms with Crippen molar-refractivity contribution >= 4 is 23.7 Å². The summed E-state index contributed by atoms with van der Waals surface area (Å²) in [5, 5.41) is 10.3. The van der Waals surface area contributed by atoms with Crippen LogP contribution in [-0.2, 0) is 6.42 Å². The summed E-state index contributed by atoms with van der Waals surface area (Å²) >= 11 is 0. The van der Waals surface area contributed by atoms with Gasteiger partial charge in [0.1, 0.15) is 11.6 Å². The first-order valence-corrected chi connectivity index (χ1v) is 7.02. The number of nitrogens with zero attached hydrogens (tertiary/aromatic N) is 2. The number of nitrogens with two attached hydrogens (primary N) is 1. The molecule has 0 aliphatic rings. The number of anilines is 3. The lowest BCUT2D eigenvalue weighted by Gasteiger charge is -2.04. The van der Waals surface area contributed by atoms with Gasteiger partial charge in [-0.25, -0.2) is 9.97 Å². The van der Waals surface area contributed by atoms with Crippen LogP contribution in [0.4, 0.5) is 17.5 Å². The van der Waals surface area contributed by atoms with Gasteiger partial charge in [0.05, 0.1) is 18.1 Å². The molecule has 0 fully saturated rings. The Bertz CT molecular complexity index is 688. The fourth-order valence-electron chi connectivity index (χ4n) is 1.74. The van der Waals surface area contributed by atoms with Crippen molar-refractivity contribution in [1.29, 1.82) is 5.41 Å². The molecule has 22 heavy (non-hydrogen) atoms. The van der Waals surface area contributed by atoms with E-state index in [1.807, 2.05) is 18.2 Å². The lowest BCUT2D eigenvalue weighted by Crippen LogP contribution is -1.99. The number of allylic oxidation sites excluding steroid dienone is 4. The largest absolute Gasteiger partial charge is 0.428 e. The molecule has 6 nitrogen and oxygen atoms in total. The Morgan fingerprint density at radius 3 is 2.86 bits per heavy atom. The maximum absolute atomic E-state index is 7.26. The van der Waals surface area contributed by atoms with Crippen LogP contribution < -0.4 is 11.1 Å². The molecule has 0 atom stereocenters.